The molecule has 0 bridgehead atoms. The molecule has 0 fully saturated rings. The van der Waals surface area contributed by atoms with E-state index >= 15 is 0 Å². The van der Waals surface area contributed by atoms with E-state index in [9.17, 15) is 5.11 Å². The highest BCUT2D eigenvalue weighted by molar-refractivity contribution is 5.60. The number of hydrogen-bond donors (Lipinski definition) is 3. The van der Waals surface area contributed by atoms with Crippen molar-refractivity contribution in [2.75, 3.05) is 44.3 Å². The van der Waals surface area contributed by atoms with E-state index in [1.54, 1.807) is 18.2 Å². The van der Waals surface area contributed by atoms with Gasteiger partial charge in [-0.15, -0.1) is 0 Å². The van der Waals surface area contributed by atoms with Crippen LogP contribution in [0.25, 0.3) is 0 Å². The molecule has 6 heteroatoms. The molecule has 1 aromatic carbocycles. The maximum absolute atomic E-state index is 10.2. The molecule has 1 aromatic rings. The van der Waals surface area contributed by atoms with E-state index in [1.165, 1.54) is 0 Å². The molecule has 5 nitrogen and oxygen atoms in total. The molecule has 0 saturated carbocycles. The first kappa shape index (κ1) is 20.0. The van der Waals surface area contributed by atoms with Crippen molar-refractivity contribution < 1.29 is 31.3 Å². The largest absolute Gasteiger partial charge is 1.00 e. The molecule has 0 amide bonds. The van der Waals surface area contributed by atoms with E-state index in [0.717, 1.165) is 24.1 Å². The van der Waals surface area contributed by atoms with Gasteiger partial charge in [0.25, 0.3) is 0 Å². The minimum Gasteiger partial charge on any atom is -1.00 e. The third-order valence-electron chi connectivity index (χ3n) is 4.08. The zero-order chi connectivity index (χ0) is 15.2. The van der Waals surface area contributed by atoms with E-state index in [1.807, 2.05) is 0 Å². The molecule has 0 aliphatic carbocycles. The van der Waals surface area contributed by atoms with Gasteiger partial charge in [-0.25, -0.2) is 0 Å². The van der Waals surface area contributed by atoms with E-state index in [4.69, 9.17) is 16.2 Å². The number of nitrogen functional groups attached to an aromatic ring is 2. The van der Waals surface area contributed by atoms with Crippen molar-refractivity contribution in [3.8, 4) is 5.75 Å². The number of benzene rings is 1. The van der Waals surface area contributed by atoms with Crippen LogP contribution in [0.3, 0.4) is 0 Å². The van der Waals surface area contributed by atoms with Crippen molar-refractivity contribution in [1.82, 2.24) is 0 Å². The summed E-state index contributed by atoms with van der Waals surface area (Å²) in [6.07, 6.45) is -0.508. The van der Waals surface area contributed by atoms with Crippen LogP contribution in [0.5, 0.6) is 5.75 Å². The fourth-order valence-corrected chi connectivity index (χ4v) is 2.44. The van der Waals surface area contributed by atoms with Crippen LogP contribution in [0.1, 0.15) is 20.8 Å². The quantitative estimate of drug-likeness (QED) is 0.387. The predicted molar refractivity (Wildman–Crippen MR) is 83.5 cm³/mol. The fourth-order valence-electron chi connectivity index (χ4n) is 2.44. The molecule has 5 N–H and O–H groups in total. The zero-order valence-corrected chi connectivity index (χ0v) is 14.8. The Morgan fingerprint density at radius 2 is 1.71 bits per heavy atom. The number of aliphatic hydroxyl groups is 1. The minimum absolute atomic E-state index is 0. The first-order valence-electron chi connectivity index (χ1n) is 7.27. The van der Waals surface area contributed by atoms with Gasteiger partial charge in [-0.2, -0.15) is 0 Å². The summed E-state index contributed by atoms with van der Waals surface area (Å²) >= 11 is 0. The number of hydrogen-bond acceptors (Lipinski definition) is 4. The first-order chi connectivity index (χ1) is 9.46. The summed E-state index contributed by atoms with van der Waals surface area (Å²) in [6, 6.07) is 5.13. The Labute approximate surface area is 138 Å². The summed E-state index contributed by atoms with van der Waals surface area (Å²) in [5.74, 6) is 0.570. The normalized spacial score (nSPS) is 12.6. The van der Waals surface area contributed by atoms with Gasteiger partial charge >= 0.3 is 0 Å². The molecule has 0 aliphatic heterocycles. The summed E-state index contributed by atoms with van der Waals surface area (Å²) in [4.78, 5) is 0. The number of nitrogens with zero attached hydrogens (tertiary/aromatic N) is 1. The van der Waals surface area contributed by atoms with Crippen LogP contribution in [-0.4, -0.2) is 48.5 Å². The van der Waals surface area contributed by atoms with Crippen molar-refractivity contribution in [2.45, 2.75) is 26.9 Å². The molecule has 0 spiro atoms. The number of anilines is 2. The summed E-state index contributed by atoms with van der Waals surface area (Å²) in [6.45, 7) is 10.4. The van der Waals surface area contributed by atoms with Gasteiger partial charge in [0.15, 0.2) is 0 Å². The van der Waals surface area contributed by atoms with Gasteiger partial charge in [-0.3, -0.25) is 0 Å². The second-order valence-electron chi connectivity index (χ2n) is 5.23. The maximum atomic E-state index is 10.2. The molecule has 0 aromatic heterocycles. The zero-order valence-electron chi connectivity index (χ0n) is 13.2. The van der Waals surface area contributed by atoms with E-state index in [-0.39, 0.29) is 23.6 Å². The number of likely N-dealkylation sites (N-methyl/N-ethyl adjacent to an activating group) is 1. The highest BCUT2D eigenvalue weighted by atomic mass is 79.9. The highest BCUT2D eigenvalue weighted by Crippen LogP contribution is 2.23. The van der Waals surface area contributed by atoms with Gasteiger partial charge in [0.05, 0.1) is 25.3 Å². The van der Waals surface area contributed by atoms with Gasteiger partial charge in [0.2, 0.25) is 0 Å². The Morgan fingerprint density at radius 3 is 2.19 bits per heavy atom. The van der Waals surface area contributed by atoms with Crippen LogP contribution in [0.4, 0.5) is 11.4 Å². The van der Waals surface area contributed by atoms with Crippen LogP contribution in [0.15, 0.2) is 18.2 Å². The first-order valence-corrected chi connectivity index (χ1v) is 7.27. The smallest absolute Gasteiger partial charge is 0.142 e. The minimum atomic E-state index is -0.508. The maximum Gasteiger partial charge on any atom is 0.142 e. The number of quaternary nitrogens is 1. The van der Waals surface area contributed by atoms with Gasteiger partial charge in [0, 0.05) is 5.69 Å². The Hall–Kier alpha value is -0.980. The van der Waals surface area contributed by atoms with Crippen molar-refractivity contribution in [2.24, 2.45) is 0 Å². The molecule has 1 rings (SSSR count). The number of halogens is 1. The number of rotatable bonds is 8. The molecular formula is C15H28BrN3O2. The SMILES string of the molecule is CC[N+](CC)(CC)CC(O)COc1ccc(N)cc1N.[Br-]. The van der Waals surface area contributed by atoms with Crippen molar-refractivity contribution >= 4 is 11.4 Å². The molecule has 0 saturated heterocycles. The second-order valence-corrected chi connectivity index (χ2v) is 5.23. The van der Waals surface area contributed by atoms with Crippen LogP contribution in [0.2, 0.25) is 0 Å². The summed E-state index contributed by atoms with van der Waals surface area (Å²) < 4.78 is 6.48. The molecule has 1 unspecified atom stereocenters. The van der Waals surface area contributed by atoms with Crippen LogP contribution < -0.4 is 33.2 Å². The summed E-state index contributed by atoms with van der Waals surface area (Å²) in [5.41, 5.74) is 12.6. The monoisotopic (exact) mass is 361 g/mol. The van der Waals surface area contributed by atoms with Gasteiger partial charge in [0.1, 0.15) is 25.0 Å². The molecule has 0 radical (unpaired) electrons. The summed E-state index contributed by atoms with van der Waals surface area (Å²) in [5, 5.41) is 10.2. The van der Waals surface area contributed by atoms with Gasteiger partial charge in [-0.1, -0.05) is 0 Å². The van der Waals surface area contributed by atoms with Crippen LogP contribution >= 0.6 is 0 Å². The summed E-state index contributed by atoms with van der Waals surface area (Å²) in [7, 11) is 0. The predicted octanol–water partition coefficient (Wildman–Crippen LogP) is -1.53. The lowest BCUT2D eigenvalue weighted by atomic mass is 10.2. The topological polar surface area (TPSA) is 81.5 Å². The lowest BCUT2D eigenvalue weighted by Gasteiger charge is -2.37. The molecule has 0 aliphatic rings. The van der Waals surface area contributed by atoms with Gasteiger partial charge < -0.3 is 42.8 Å². The van der Waals surface area contributed by atoms with Gasteiger partial charge in [-0.05, 0) is 39.0 Å². The van der Waals surface area contributed by atoms with E-state index < -0.39 is 6.10 Å². The molecular weight excluding hydrogens is 334 g/mol. The average Bonchev–Trinajstić information content (AvgIpc) is 2.44. The second kappa shape index (κ2) is 9.12. The Morgan fingerprint density at radius 1 is 1.14 bits per heavy atom. The third kappa shape index (κ3) is 5.73. The van der Waals surface area contributed by atoms with Crippen molar-refractivity contribution in [3.05, 3.63) is 18.2 Å². The lowest BCUT2D eigenvalue weighted by Crippen LogP contribution is -3.00. The van der Waals surface area contributed by atoms with Crippen LogP contribution in [-0.2, 0) is 0 Å². The molecule has 0 heterocycles. The van der Waals surface area contributed by atoms with E-state index in [0.29, 0.717) is 23.7 Å². The Kier molecular flexibility index (Phi) is 8.70. The number of ether oxygens (including phenoxy) is 1. The van der Waals surface area contributed by atoms with Crippen molar-refractivity contribution in [3.63, 3.8) is 0 Å². The lowest BCUT2D eigenvalue weighted by molar-refractivity contribution is -0.926. The fraction of sp³-hybridized carbons (Fsp3) is 0.600. The average molecular weight is 362 g/mol. The Balaban J connectivity index is 0.00000400. The Bertz CT molecular complexity index is 417. The molecule has 21 heavy (non-hydrogen) atoms. The third-order valence-corrected chi connectivity index (χ3v) is 4.08. The van der Waals surface area contributed by atoms with Crippen LogP contribution in [0, 0.1) is 0 Å². The molecule has 1 atom stereocenters. The standard InChI is InChI=1S/C15H28N3O2.BrH/c1-4-18(5-2,6-3)10-13(19)11-20-15-8-7-12(16)9-14(15)17;/h7-9,13,19H,4-6,10-11,16-17H2,1-3H3;1H/q+1;/p-1. The molecule has 122 valence electrons. The van der Waals surface area contributed by atoms with E-state index in [2.05, 4.69) is 20.8 Å². The number of aliphatic hydroxyl groups excluding tert-OH is 1. The van der Waals surface area contributed by atoms with Crippen molar-refractivity contribution in [1.29, 1.82) is 0 Å². The number of nitrogens with two attached hydrogens (primary N) is 2. The highest BCUT2D eigenvalue weighted by Gasteiger charge is 2.25.